The predicted octanol–water partition coefficient (Wildman–Crippen LogP) is 4.75. The van der Waals surface area contributed by atoms with E-state index < -0.39 is 6.04 Å². The van der Waals surface area contributed by atoms with Crippen molar-refractivity contribution in [2.24, 2.45) is 0 Å². The number of aryl methyl sites for hydroxylation is 2. The van der Waals surface area contributed by atoms with Crippen molar-refractivity contribution in [2.75, 3.05) is 6.54 Å². The van der Waals surface area contributed by atoms with Crippen molar-refractivity contribution in [2.45, 2.75) is 77.8 Å². The van der Waals surface area contributed by atoms with Crippen LogP contribution >= 0.6 is 0 Å². The summed E-state index contributed by atoms with van der Waals surface area (Å²) in [6.45, 7) is 6.50. The third-order valence-electron chi connectivity index (χ3n) is 6.24. The topological polar surface area (TPSA) is 49.4 Å². The molecule has 1 aliphatic carbocycles. The summed E-state index contributed by atoms with van der Waals surface area (Å²) in [5.74, 6) is -0.0269. The Labute approximate surface area is 187 Å². The van der Waals surface area contributed by atoms with Gasteiger partial charge in [-0.25, -0.2) is 0 Å². The van der Waals surface area contributed by atoms with Gasteiger partial charge in [-0.15, -0.1) is 0 Å². The summed E-state index contributed by atoms with van der Waals surface area (Å²) in [6, 6.07) is 16.2. The highest BCUT2D eigenvalue weighted by Crippen LogP contribution is 2.18. The van der Waals surface area contributed by atoms with Crippen LogP contribution < -0.4 is 5.32 Å². The molecule has 2 aromatic rings. The van der Waals surface area contributed by atoms with Crippen LogP contribution in [0.15, 0.2) is 48.5 Å². The fraction of sp³-hybridized carbons (Fsp3) is 0.481. The number of nitrogens with one attached hydrogen (secondary N) is 1. The van der Waals surface area contributed by atoms with E-state index in [9.17, 15) is 9.59 Å². The van der Waals surface area contributed by atoms with E-state index in [4.69, 9.17) is 0 Å². The standard InChI is InChI=1S/C27H36N2O2/c1-20-16-21(2)18-24(17-20)19-26(30)29(15-14-23-10-6-4-7-11-23)22(3)27(31)28-25-12-8-5-9-13-25/h4,6-7,10-11,16-18,22,25H,5,8-9,12-15,19H2,1-3H3,(H,28,31). The molecule has 1 N–H and O–H groups in total. The van der Waals surface area contributed by atoms with Gasteiger partial charge in [0.15, 0.2) is 0 Å². The molecule has 0 aliphatic heterocycles. The lowest BCUT2D eigenvalue weighted by Gasteiger charge is -2.31. The molecule has 2 aromatic carbocycles. The summed E-state index contributed by atoms with van der Waals surface area (Å²) in [6.07, 6.45) is 6.72. The second-order valence-electron chi connectivity index (χ2n) is 9.01. The van der Waals surface area contributed by atoms with Crippen LogP contribution in [0.2, 0.25) is 0 Å². The zero-order valence-corrected chi connectivity index (χ0v) is 19.2. The molecular formula is C27H36N2O2. The Morgan fingerprint density at radius 3 is 2.26 bits per heavy atom. The Morgan fingerprint density at radius 1 is 0.968 bits per heavy atom. The van der Waals surface area contributed by atoms with Crippen LogP contribution in [-0.4, -0.2) is 35.3 Å². The number of rotatable bonds is 8. The number of hydrogen-bond acceptors (Lipinski definition) is 2. The minimum atomic E-state index is -0.482. The molecule has 3 rings (SSSR count). The average Bonchev–Trinajstić information content (AvgIpc) is 2.74. The van der Waals surface area contributed by atoms with Gasteiger partial charge in [0.1, 0.15) is 6.04 Å². The van der Waals surface area contributed by atoms with Crippen LogP contribution in [0.25, 0.3) is 0 Å². The van der Waals surface area contributed by atoms with E-state index in [2.05, 4.69) is 35.6 Å². The molecule has 0 saturated heterocycles. The summed E-state index contributed by atoms with van der Waals surface area (Å²) in [5.41, 5.74) is 4.49. The summed E-state index contributed by atoms with van der Waals surface area (Å²) in [5, 5.41) is 3.20. The Bertz CT molecular complexity index is 852. The summed E-state index contributed by atoms with van der Waals surface area (Å²) >= 11 is 0. The van der Waals surface area contributed by atoms with Crippen molar-refractivity contribution in [3.05, 3.63) is 70.8 Å². The van der Waals surface area contributed by atoms with Crippen LogP contribution in [0.5, 0.6) is 0 Å². The molecule has 4 nitrogen and oxygen atoms in total. The van der Waals surface area contributed by atoms with Crippen molar-refractivity contribution in [1.29, 1.82) is 0 Å². The fourth-order valence-electron chi connectivity index (χ4n) is 4.59. The van der Waals surface area contributed by atoms with Gasteiger partial charge in [0.05, 0.1) is 6.42 Å². The lowest BCUT2D eigenvalue weighted by atomic mass is 9.95. The van der Waals surface area contributed by atoms with E-state index in [1.807, 2.05) is 39.0 Å². The molecule has 1 aliphatic rings. The smallest absolute Gasteiger partial charge is 0.242 e. The molecule has 0 spiro atoms. The minimum absolute atomic E-state index is 0.00669. The van der Waals surface area contributed by atoms with E-state index in [1.54, 1.807) is 4.90 Å². The van der Waals surface area contributed by atoms with Gasteiger partial charge in [0, 0.05) is 12.6 Å². The van der Waals surface area contributed by atoms with Crippen LogP contribution in [0.4, 0.5) is 0 Å². The molecule has 166 valence electrons. The number of benzene rings is 2. The maximum atomic E-state index is 13.3. The molecule has 1 atom stereocenters. The van der Waals surface area contributed by atoms with Gasteiger partial charge < -0.3 is 10.2 Å². The third-order valence-corrected chi connectivity index (χ3v) is 6.24. The molecule has 4 heteroatoms. The van der Waals surface area contributed by atoms with Crippen molar-refractivity contribution >= 4 is 11.8 Å². The van der Waals surface area contributed by atoms with Gasteiger partial charge in [-0.1, -0.05) is 78.9 Å². The first kappa shape index (κ1) is 23.1. The number of carbonyl (C=O) groups excluding carboxylic acids is 2. The molecule has 1 unspecified atom stereocenters. The van der Waals surface area contributed by atoms with Crippen LogP contribution in [0, 0.1) is 13.8 Å². The van der Waals surface area contributed by atoms with Crippen molar-refractivity contribution < 1.29 is 9.59 Å². The Kier molecular flexibility index (Phi) is 8.27. The van der Waals surface area contributed by atoms with Crippen LogP contribution in [0.3, 0.4) is 0 Å². The second kappa shape index (κ2) is 11.1. The highest BCUT2D eigenvalue weighted by molar-refractivity contribution is 5.88. The fourth-order valence-corrected chi connectivity index (χ4v) is 4.59. The number of hydrogen-bond donors (Lipinski definition) is 1. The predicted molar refractivity (Wildman–Crippen MR) is 126 cm³/mol. The second-order valence-corrected chi connectivity index (χ2v) is 9.01. The SMILES string of the molecule is Cc1cc(C)cc(CC(=O)N(CCc2ccccc2)C(C)C(=O)NC2CCCCC2)c1. The lowest BCUT2D eigenvalue weighted by Crippen LogP contribution is -2.51. The first-order chi connectivity index (χ1) is 14.9. The Balaban J connectivity index is 1.72. The van der Waals surface area contributed by atoms with E-state index in [-0.39, 0.29) is 17.9 Å². The molecule has 1 fully saturated rings. The molecule has 1 saturated carbocycles. The molecule has 0 bridgehead atoms. The van der Waals surface area contributed by atoms with Crippen molar-refractivity contribution in [3.8, 4) is 0 Å². The van der Waals surface area contributed by atoms with Crippen molar-refractivity contribution in [3.63, 3.8) is 0 Å². The number of nitrogens with zero attached hydrogens (tertiary/aromatic N) is 1. The molecule has 2 amide bonds. The molecule has 0 heterocycles. The van der Waals surface area contributed by atoms with E-state index in [0.717, 1.165) is 36.0 Å². The van der Waals surface area contributed by atoms with Crippen LogP contribution in [0.1, 0.15) is 61.3 Å². The van der Waals surface area contributed by atoms with Gasteiger partial charge >= 0.3 is 0 Å². The monoisotopic (exact) mass is 420 g/mol. The normalized spacial score (nSPS) is 15.3. The van der Waals surface area contributed by atoms with Gasteiger partial charge in [-0.2, -0.15) is 0 Å². The highest BCUT2D eigenvalue weighted by Gasteiger charge is 2.27. The molecule has 0 radical (unpaired) electrons. The first-order valence-electron chi connectivity index (χ1n) is 11.6. The minimum Gasteiger partial charge on any atom is -0.352 e. The number of carbonyl (C=O) groups is 2. The van der Waals surface area contributed by atoms with Crippen molar-refractivity contribution in [1.82, 2.24) is 10.2 Å². The molecular weight excluding hydrogens is 384 g/mol. The van der Waals surface area contributed by atoms with Gasteiger partial charge in [-0.05, 0) is 51.2 Å². The van der Waals surface area contributed by atoms with Gasteiger partial charge in [-0.3, -0.25) is 9.59 Å². The lowest BCUT2D eigenvalue weighted by molar-refractivity contribution is -0.139. The van der Waals surface area contributed by atoms with E-state index in [1.165, 1.54) is 24.8 Å². The van der Waals surface area contributed by atoms with Gasteiger partial charge in [0.25, 0.3) is 0 Å². The largest absolute Gasteiger partial charge is 0.352 e. The molecule has 0 aromatic heterocycles. The average molecular weight is 421 g/mol. The summed E-state index contributed by atoms with van der Waals surface area (Å²) < 4.78 is 0. The highest BCUT2D eigenvalue weighted by atomic mass is 16.2. The van der Waals surface area contributed by atoms with E-state index in [0.29, 0.717) is 13.0 Å². The summed E-state index contributed by atoms with van der Waals surface area (Å²) in [4.78, 5) is 28.1. The summed E-state index contributed by atoms with van der Waals surface area (Å²) in [7, 11) is 0. The Hall–Kier alpha value is -2.62. The third kappa shape index (κ3) is 6.95. The van der Waals surface area contributed by atoms with E-state index >= 15 is 0 Å². The zero-order chi connectivity index (χ0) is 22.2. The Morgan fingerprint density at radius 2 is 1.61 bits per heavy atom. The quantitative estimate of drug-likeness (QED) is 0.670. The maximum absolute atomic E-state index is 13.3. The van der Waals surface area contributed by atoms with Crippen LogP contribution in [-0.2, 0) is 22.4 Å². The maximum Gasteiger partial charge on any atom is 0.242 e. The van der Waals surface area contributed by atoms with Gasteiger partial charge in [0.2, 0.25) is 11.8 Å². The molecule has 31 heavy (non-hydrogen) atoms. The zero-order valence-electron chi connectivity index (χ0n) is 19.2. The number of amides is 2. The first-order valence-corrected chi connectivity index (χ1v) is 11.6.